The van der Waals surface area contributed by atoms with E-state index in [1.807, 2.05) is 30.3 Å². The maximum Gasteiger partial charge on any atom is 0.194 e. The molecular weight excluding hydrogens is 354 g/mol. The summed E-state index contributed by atoms with van der Waals surface area (Å²) in [7, 11) is 0. The van der Waals surface area contributed by atoms with Crippen molar-refractivity contribution >= 4 is 16.6 Å². The first-order valence-electron chi connectivity index (χ1n) is 10.1. The summed E-state index contributed by atoms with van der Waals surface area (Å²) in [6.45, 7) is 6.80. The monoisotopic (exact) mass is 377 g/mol. The molecule has 0 bridgehead atoms. The SMILES string of the molecule is CC(C)(C)Cc1cc(-c2nccc3c2-c2ccccc2C3=O)cc2ccccc12. The number of benzene rings is 3. The van der Waals surface area contributed by atoms with Gasteiger partial charge in [0.15, 0.2) is 5.78 Å². The molecule has 0 N–H and O–H groups in total. The summed E-state index contributed by atoms with van der Waals surface area (Å²) in [5.41, 5.74) is 6.93. The van der Waals surface area contributed by atoms with Crippen molar-refractivity contribution in [1.29, 1.82) is 0 Å². The molecule has 29 heavy (non-hydrogen) atoms. The normalized spacial score (nSPS) is 12.9. The summed E-state index contributed by atoms with van der Waals surface area (Å²) in [6, 6.07) is 22.7. The van der Waals surface area contributed by atoms with Crippen LogP contribution in [-0.4, -0.2) is 10.8 Å². The van der Waals surface area contributed by atoms with Crippen molar-refractivity contribution in [2.75, 3.05) is 0 Å². The highest BCUT2D eigenvalue weighted by Gasteiger charge is 2.29. The van der Waals surface area contributed by atoms with E-state index in [0.29, 0.717) is 0 Å². The van der Waals surface area contributed by atoms with Crippen LogP contribution in [-0.2, 0) is 6.42 Å². The first-order valence-corrected chi connectivity index (χ1v) is 10.1. The third-order valence-corrected chi connectivity index (χ3v) is 5.58. The van der Waals surface area contributed by atoms with Gasteiger partial charge >= 0.3 is 0 Å². The molecule has 5 rings (SSSR count). The molecule has 0 saturated heterocycles. The number of rotatable bonds is 2. The first kappa shape index (κ1) is 17.8. The van der Waals surface area contributed by atoms with Crippen LogP contribution in [0.1, 0.15) is 42.3 Å². The van der Waals surface area contributed by atoms with E-state index >= 15 is 0 Å². The van der Waals surface area contributed by atoms with Gasteiger partial charge in [-0.15, -0.1) is 0 Å². The van der Waals surface area contributed by atoms with Gasteiger partial charge in [-0.05, 0) is 51.9 Å². The van der Waals surface area contributed by atoms with Crippen molar-refractivity contribution in [3.05, 3.63) is 89.6 Å². The number of nitrogens with zero attached hydrogens (tertiary/aromatic N) is 1. The molecular formula is C27H23NO. The zero-order valence-corrected chi connectivity index (χ0v) is 17.0. The first-order chi connectivity index (χ1) is 13.9. The molecule has 0 amide bonds. The van der Waals surface area contributed by atoms with Gasteiger partial charge in [-0.1, -0.05) is 69.3 Å². The summed E-state index contributed by atoms with van der Waals surface area (Å²) in [6.07, 6.45) is 2.74. The Hall–Kier alpha value is -3.26. The van der Waals surface area contributed by atoms with Crippen LogP contribution in [0.4, 0.5) is 0 Å². The highest BCUT2D eigenvalue weighted by Crippen LogP contribution is 2.42. The molecule has 4 aromatic rings. The Morgan fingerprint density at radius 3 is 2.34 bits per heavy atom. The van der Waals surface area contributed by atoms with Crippen LogP contribution in [0.2, 0.25) is 0 Å². The predicted octanol–water partition coefficient (Wildman–Crippen LogP) is 6.70. The molecule has 0 aliphatic heterocycles. The van der Waals surface area contributed by atoms with E-state index in [-0.39, 0.29) is 11.2 Å². The second kappa shape index (κ2) is 6.38. The summed E-state index contributed by atoms with van der Waals surface area (Å²) >= 11 is 0. The second-order valence-corrected chi connectivity index (χ2v) is 9.05. The lowest BCUT2D eigenvalue weighted by atomic mass is 9.84. The minimum atomic E-state index is 0.0926. The predicted molar refractivity (Wildman–Crippen MR) is 119 cm³/mol. The van der Waals surface area contributed by atoms with Crippen LogP contribution in [0.3, 0.4) is 0 Å². The lowest BCUT2D eigenvalue weighted by Crippen LogP contribution is -2.09. The van der Waals surface area contributed by atoms with Crippen molar-refractivity contribution in [2.45, 2.75) is 27.2 Å². The van der Waals surface area contributed by atoms with Gasteiger partial charge in [0.2, 0.25) is 0 Å². The molecule has 1 heterocycles. The van der Waals surface area contributed by atoms with Crippen LogP contribution >= 0.6 is 0 Å². The van der Waals surface area contributed by atoms with E-state index in [0.717, 1.165) is 39.9 Å². The third kappa shape index (κ3) is 2.96. The molecule has 0 radical (unpaired) electrons. The van der Waals surface area contributed by atoms with Crippen LogP contribution < -0.4 is 0 Å². The minimum absolute atomic E-state index is 0.0926. The number of aromatic nitrogens is 1. The number of ketones is 1. The topological polar surface area (TPSA) is 30.0 Å². The van der Waals surface area contributed by atoms with Crippen molar-refractivity contribution in [2.24, 2.45) is 5.41 Å². The number of hydrogen-bond donors (Lipinski definition) is 0. The fourth-order valence-corrected chi connectivity index (χ4v) is 4.43. The molecule has 0 saturated carbocycles. The van der Waals surface area contributed by atoms with Gasteiger partial charge < -0.3 is 0 Å². The number of fused-ring (bicyclic) bond motifs is 4. The van der Waals surface area contributed by atoms with E-state index in [4.69, 9.17) is 4.98 Å². The van der Waals surface area contributed by atoms with E-state index in [1.165, 1.54) is 16.3 Å². The number of carbonyl (C=O) groups is 1. The largest absolute Gasteiger partial charge is 0.289 e. The highest BCUT2D eigenvalue weighted by atomic mass is 16.1. The quantitative estimate of drug-likeness (QED) is 0.342. The van der Waals surface area contributed by atoms with Gasteiger partial charge in [-0.25, -0.2) is 0 Å². The van der Waals surface area contributed by atoms with Crippen LogP contribution in [0.5, 0.6) is 0 Å². The Balaban J connectivity index is 1.78. The van der Waals surface area contributed by atoms with E-state index in [9.17, 15) is 4.79 Å². The molecule has 3 aromatic carbocycles. The number of pyridine rings is 1. The van der Waals surface area contributed by atoms with E-state index in [1.54, 1.807) is 6.20 Å². The molecule has 1 aliphatic rings. The van der Waals surface area contributed by atoms with Gasteiger partial charge in [0, 0.05) is 28.5 Å². The Morgan fingerprint density at radius 2 is 1.55 bits per heavy atom. The molecule has 0 spiro atoms. The Bertz CT molecular complexity index is 1280. The standard InChI is InChI=1S/C27H23NO/c1-27(2,3)16-19-15-18(14-17-8-4-5-9-20(17)19)25-24-21-10-6-7-11-22(21)26(29)23(24)12-13-28-25/h4-15H,16H2,1-3H3. The van der Waals surface area contributed by atoms with Gasteiger partial charge in [-0.2, -0.15) is 0 Å². The molecule has 1 aromatic heterocycles. The van der Waals surface area contributed by atoms with Gasteiger partial charge in [0.05, 0.1) is 5.69 Å². The van der Waals surface area contributed by atoms with Crippen LogP contribution in [0.15, 0.2) is 72.9 Å². The maximum atomic E-state index is 12.9. The zero-order chi connectivity index (χ0) is 20.2. The van der Waals surface area contributed by atoms with Crippen molar-refractivity contribution in [3.63, 3.8) is 0 Å². The Morgan fingerprint density at radius 1 is 0.828 bits per heavy atom. The Kier molecular flexibility index (Phi) is 3.92. The summed E-state index contributed by atoms with van der Waals surface area (Å²) < 4.78 is 0. The number of hydrogen-bond acceptors (Lipinski definition) is 2. The lowest BCUT2D eigenvalue weighted by Gasteiger charge is -2.21. The van der Waals surface area contributed by atoms with Gasteiger partial charge in [-0.3, -0.25) is 9.78 Å². The van der Waals surface area contributed by atoms with E-state index < -0.39 is 0 Å². The molecule has 142 valence electrons. The van der Waals surface area contributed by atoms with Crippen LogP contribution in [0.25, 0.3) is 33.2 Å². The molecule has 0 fully saturated rings. The fraction of sp³-hybridized carbons (Fsp3) is 0.185. The van der Waals surface area contributed by atoms with Crippen LogP contribution in [0, 0.1) is 5.41 Å². The van der Waals surface area contributed by atoms with Crippen molar-refractivity contribution < 1.29 is 4.79 Å². The lowest BCUT2D eigenvalue weighted by molar-refractivity contribution is 0.104. The fourth-order valence-electron chi connectivity index (χ4n) is 4.43. The number of carbonyl (C=O) groups excluding carboxylic acids is 1. The summed E-state index contributed by atoms with van der Waals surface area (Å²) in [5.74, 6) is 0.0926. The van der Waals surface area contributed by atoms with E-state index in [2.05, 4.69) is 57.2 Å². The Labute approximate surface area is 171 Å². The average Bonchev–Trinajstić information content (AvgIpc) is 3.00. The third-order valence-electron chi connectivity index (χ3n) is 5.58. The molecule has 0 atom stereocenters. The highest BCUT2D eigenvalue weighted by molar-refractivity contribution is 6.23. The van der Waals surface area contributed by atoms with Crippen molar-refractivity contribution in [1.82, 2.24) is 4.98 Å². The molecule has 1 aliphatic carbocycles. The molecule has 2 heteroatoms. The minimum Gasteiger partial charge on any atom is -0.289 e. The van der Waals surface area contributed by atoms with Gasteiger partial charge in [0.1, 0.15) is 0 Å². The van der Waals surface area contributed by atoms with Crippen molar-refractivity contribution in [3.8, 4) is 22.4 Å². The maximum absolute atomic E-state index is 12.9. The zero-order valence-electron chi connectivity index (χ0n) is 17.0. The summed E-state index contributed by atoms with van der Waals surface area (Å²) in [4.78, 5) is 17.7. The van der Waals surface area contributed by atoms with Gasteiger partial charge in [0.25, 0.3) is 0 Å². The summed E-state index contributed by atoms with van der Waals surface area (Å²) in [5, 5.41) is 2.50. The molecule has 2 nitrogen and oxygen atoms in total. The smallest absolute Gasteiger partial charge is 0.194 e. The average molecular weight is 377 g/mol. The second-order valence-electron chi connectivity index (χ2n) is 9.05. The molecule has 0 unspecified atom stereocenters.